The van der Waals surface area contributed by atoms with Gasteiger partial charge >= 0.3 is 0 Å². The molecule has 0 bridgehead atoms. The second-order valence-corrected chi connectivity index (χ2v) is 6.45. The maximum absolute atomic E-state index is 13.5. The van der Waals surface area contributed by atoms with Gasteiger partial charge in [0, 0.05) is 12.6 Å². The molecule has 1 aromatic carbocycles. The van der Waals surface area contributed by atoms with E-state index < -0.39 is 20.9 Å². The second kappa shape index (κ2) is 5.30. The minimum absolute atomic E-state index is 0.204. The van der Waals surface area contributed by atoms with Crippen molar-refractivity contribution in [2.24, 2.45) is 0 Å². The molecule has 18 heavy (non-hydrogen) atoms. The largest absolute Gasteiger partial charge is 0.315 e. The third-order valence-electron chi connectivity index (χ3n) is 2.67. The van der Waals surface area contributed by atoms with Gasteiger partial charge < -0.3 is 5.32 Å². The predicted molar refractivity (Wildman–Crippen MR) is 68.0 cm³/mol. The van der Waals surface area contributed by atoms with Gasteiger partial charge in [-0.05, 0) is 25.1 Å². The van der Waals surface area contributed by atoms with Gasteiger partial charge in [0.05, 0.1) is 10.0 Å². The van der Waals surface area contributed by atoms with E-state index in [9.17, 15) is 12.8 Å². The quantitative estimate of drug-likeness (QED) is 0.836. The molecule has 2 rings (SSSR count). The van der Waals surface area contributed by atoms with E-state index in [0.717, 1.165) is 6.54 Å². The van der Waals surface area contributed by atoms with Crippen LogP contribution in [-0.2, 0) is 10.0 Å². The first kappa shape index (κ1) is 14.0. The van der Waals surface area contributed by atoms with Gasteiger partial charge in [0.1, 0.15) is 4.90 Å². The number of sulfonamides is 1. The van der Waals surface area contributed by atoms with E-state index in [0.29, 0.717) is 13.0 Å². The maximum atomic E-state index is 13.5. The Morgan fingerprint density at radius 2 is 2.11 bits per heavy atom. The minimum atomic E-state index is -3.83. The number of benzene rings is 1. The van der Waals surface area contributed by atoms with Crippen molar-refractivity contribution in [3.8, 4) is 0 Å². The third-order valence-corrected chi connectivity index (χ3v) is 5.01. The zero-order valence-electron chi connectivity index (χ0n) is 9.21. The fourth-order valence-electron chi connectivity index (χ4n) is 1.75. The lowest BCUT2D eigenvalue weighted by Crippen LogP contribution is -2.36. The first-order chi connectivity index (χ1) is 8.42. The summed E-state index contributed by atoms with van der Waals surface area (Å²) in [5.41, 5.74) is 0. The summed E-state index contributed by atoms with van der Waals surface area (Å²) in [7, 11) is -3.83. The first-order valence-corrected chi connectivity index (χ1v) is 7.52. The van der Waals surface area contributed by atoms with Gasteiger partial charge in [-0.25, -0.2) is 17.5 Å². The Morgan fingerprint density at radius 1 is 1.39 bits per heavy atom. The van der Waals surface area contributed by atoms with Crippen molar-refractivity contribution in [2.75, 3.05) is 13.1 Å². The fraction of sp³-hybridized carbons (Fsp3) is 0.400. The van der Waals surface area contributed by atoms with Gasteiger partial charge in [-0.1, -0.05) is 23.2 Å². The SMILES string of the molecule is O=S(=O)(NC1CCNC1)c1ccc(Cl)c(F)c1Cl. The molecule has 1 aliphatic rings. The van der Waals surface area contributed by atoms with E-state index in [2.05, 4.69) is 10.0 Å². The topological polar surface area (TPSA) is 58.2 Å². The average Bonchev–Trinajstić information content (AvgIpc) is 2.77. The maximum Gasteiger partial charge on any atom is 0.242 e. The molecule has 1 aromatic rings. The van der Waals surface area contributed by atoms with E-state index in [1.807, 2.05) is 0 Å². The molecule has 1 saturated heterocycles. The normalized spacial score (nSPS) is 20.3. The van der Waals surface area contributed by atoms with E-state index >= 15 is 0 Å². The van der Waals surface area contributed by atoms with E-state index in [-0.39, 0.29) is 16.0 Å². The highest BCUT2D eigenvalue weighted by atomic mass is 35.5. The van der Waals surface area contributed by atoms with Gasteiger partial charge in [0.25, 0.3) is 0 Å². The van der Waals surface area contributed by atoms with Crippen molar-refractivity contribution < 1.29 is 12.8 Å². The van der Waals surface area contributed by atoms with Crippen molar-refractivity contribution in [1.29, 1.82) is 0 Å². The molecule has 100 valence electrons. The Morgan fingerprint density at radius 3 is 2.72 bits per heavy atom. The van der Waals surface area contributed by atoms with Crippen LogP contribution in [0, 0.1) is 5.82 Å². The average molecular weight is 313 g/mol. The Balaban J connectivity index is 2.32. The molecule has 4 nitrogen and oxygen atoms in total. The van der Waals surface area contributed by atoms with Crippen molar-refractivity contribution in [2.45, 2.75) is 17.4 Å². The molecular formula is C10H11Cl2FN2O2S. The summed E-state index contributed by atoms with van der Waals surface area (Å²) in [5, 5.41) is 2.33. The molecule has 1 atom stereocenters. The van der Waals surface area contributed by atoms with Gasteiger partial charge in [0.15, 0.2) is 5.82 Å². The van der Waals surface area contributed by atoms with Gasteiger partial charge in [-0.15, -0.1) is 0 Å². The summed E-state index contributed by atoms with van der Waals surface area (Å²) in [6.07, 6.45) is 0.687. The number of halogens is 3. The van der Waals surface area contributed by atoms with Crippen LogP contribution < -0.4 is 10.0 Å². The molecule has 2 N–H and O–H groups in total. The van der Waals surface area contributed by atoms with Gasteiger partial charge in [-0.2, -0.15) is 0 Å². The lowest BCUT2D eigenvalue weighted by molar-refractivity contribution is 0.558. The van der Waals surface area contributed by atoms with E-state index in [4.69, 9.17) is 23.2 Å². The van der Waals surface area contributed by atoms with Crippen molar-refractivity contribution >= 4 is 33.2 Å². The van der Waals surface area contributed by atoms with Gasteiger partial charge in [0.2, 0.25) is 10.0 Å². The molecule has 0 aromatic heterocycles. The predicted octanol–water partition coefficient (Wildman–Crippen LogP) is 1.77. The van der Waals surface area contributed by atoms with Crippen LogP contribution >= 0.6 is 23.2 Å². The lowest BCUT2D eigenvalue weighted by atomic mass is 10.3. The lowest BCUT2D eigenvalue weighted by Gasteiger charge is -2.13. The zero-order chi connectivity index (χ0) is 13.3. The number of hydrogen-bond acceptors (Lipinski definition) is 3. The Bertz CT molecular complexity index is 559. The second-order valence-electron chi connectivity index (χ2n) is 3.98. The fourth-order valence-corrected chi connectivity index (χ4v) is 3.77. The highest BCUT2D eigenvalue weighted by Crippen LogP contribution is 2.29. The molecule has 1 unspecified atom stereocenters. The van der Waals surface area contributed by atoms with Crippen molar-refractivity contribution in [3.63, 3.8) is 0 Å². The van der Waals surface area contributed by atoms with Gasteiger partial charge in [-0.3, -0.25) is 0 Å². The van der Waals surface area contributed by atoms with Crippen LogP contribution in [0.3, 0.4) is 0 Å². The van der Waals surface area contributed by atoms with Crippen molar-refractivity contribution in [1.82, 2.24) is 10.0 Å². The molecule has 0 saturated carbocycles. The molecule has 0 amide bonds. The summed E-state index contributed by atoms with van der Waals surface area (Å²) in [4.78, 5) is -0.294. The summed E-state index contributed by atoms with van der Waals surface area (Å²) in [5.74, 6) is -0.925. The zero-order valence-corrected chi connectivity index (χ0v) is 11.5. The number of hydrogen-bond donors (Lipinski definition) is 2. The number of nitrogens with one attached hydrogen (secondary N) is 2. The monoisotopic (exact) mass is 312 g/mol. The van der Waals surface area contributed by atoms with Crippen LogP contribution in [0.5, 0.6) is 0 Å². The molecule has 0 aliphatic carbocycles. The van der Waals surface area contributed by atoms with Crippen LogP contribution in [0.15, 0.2) is 17.0 Å². The standard InChI is InChI=1S/C10H11Cl2FN2O2S/c11-7-1-2-8(9(12)10(7)13)18(16,17)15-6-3-4-14-5-6/h1-2,6,14-15H,3-5H2. The molecule has 0 radical (unpaired) electrons. The Kier molecular flexibility index (Phi) is 4.13. The summed E-state index contributed by atoms with van der Waals surface area (Å²) in [6.45, 7) is 1.29. The summed E-state index contributed by atoms with van der Waals surface area (Å²) < 4.78 is 40.0. The van der Waals surface area contributed by atoms with E-state index in [1.54, 1.807) is 0 Å². The van der Waals surface area contributed by atoms with Crippen LogP contribution in [0.25, 0.3) is 0 Å². The Hall–Kier alpha value is -0.400. The Labute approximate surface area is 115 Å². The molecular weight excluding hydrogens is 302 g/mol. The molecule has 1 fully saturated rings. The molecule has 0 spiro atoms. The summed E-state index contributed by atoms with van der Waals surface area (Å²) in [6, 6.07) is 2.16. The first-order valence-electron chi connectivity index (χ1n) is 5.28. The smallest absolute Gasteiger partial charge is 0.242 e. The van der Waals surface area contributed by atoms with E-state index in [1.165, 1.54) is 12.1 Å². The number of rotatable bonds is 3. The van der Waals surface area contributed by atoms with Crippen molar-refractivity contribution in [3.05, 3.63) is 28.0 Å². The van der Waals surface area contributed by atoms with Crippen LogP contribution in [0.2, 0.25) is 10.0 Å². The highest BCUT2D eigenvalue weighted by molar-refractivity contribution is 7.89. The van der Waals surface area contributed by atoms with Crippen LogP contribution in [-0.4, -0.2) is 27.5 Å². The molecule has 1 heterocycles. The van der Waals surface area contributed by atoms with Crippen LogP contribution in [0.1, 0.15) is 6.42 Å². The molecule has 1 aliphatic heterocycles. The summed E-state index contributed by atoms with van der Waals surface area (Å²) >= 11 is 11.2. The molecule has 8 heteroatoms. The third kappa shape index (κ3) is 2.78. The van der Waals surface area contributed by atoms with Crippen LogP contribution in [0.4, 0.5) is 4.39 Å². The minimum Gasteiger partial charge on any atom is -0.315 e. The highest BCUT2D eigenvalue weighted by Gasteiger charge is 2.26.